The van der Waals surface area contributed by atoms with Crippen molar-refractivity contribution >= 4 is 17.3 Å². The van der Waals surface area contributed by atoms with Gasteiger partial charge in [0.05, 0.1) is 6.54 Å². The Hall–Kier alpha value is -1.71. The van der Waals surface area contributed by atoms with Gasteiger partial charge in [0, 0.05) is 38.1 Å². The molecule has 4 heteroatoms. The number of likely N-dealkylation sites (N-methyl/N-ethyl adjacent to an activating group) is 1. The molecule has 1 heterocycles. The van der Waals surface area contributed by atoms with Crippen LogP contribution in [0.2, 0.25) is 0 Å². The fraction of sp³-hybridized carbons (Fsp3) is 0.632. The van der Waals surface area contributed by atoms with E-state index in [0.29, 0.717) is 6.54 Å². The van der Waals surface area contributed by atoms with Gasteiger partial charge in [0.1, 0.15) is 0 Å². The summed E-state index contributed by atoms with van der Waals surface area (Å²) in [6.07, 6.45) is 4.73. The predicted octanol–water partition coefficient (Wildman–Crippen LogP) is 3.59. The molecule has 2 rings (SSSR count). The highest BCUT2D eigenvalue weighted by Crippen LogP contribution is 2.24. The largest absolute Gasteiger partial charge is 0.376 e. The van der Waals surface area contributed by atoms with Crippen LogP contribution in [0.5, 0.6) is 0 Å². The van der Waals surface area contributed by atoms with Crippen LogP contribution in [-0.2, 0) is 4.79 Å². The van der Waals surface area contributed by atoms with Crippen molar-refractivity contribution in [2.75, 3.05) is 43.4 Å². The van der Waals surface area contributed by atoms with E-state index in [1.807, 2.05) is 7.05 Å². The van der Waals surface area contributed by atoms with Gasteiger partial charge in [0.15, 0.2) is 0 Å². The molecule has 0 radical (unpaired) electrons. The van der Waals surface area contributed by atoms with Gasteiger partial charge in [-0.2, -0.15) is 0 Å². The van der Waals surface area contributed by atoms with Crippen LogP contribution in [0.15, 0.2) is 24.3 Å². The lowest BCUT2D eigenvalue weighted by Gasteiger charge is -2.32. The molecule has 1 aromatic rings. The van der Waals surface area contributed by atoms with E-state index < -0.39 is 0 Å². The van der Waals surface area contributed by atoms with Crippen molar-refractivity contribution in [2.45, 2.75) is 39.5 Å². The Morgan fingerprint density at radius 1 is 1.26 bits per heavy atom. The van der Waals surface area contributed by atoms with E-state index in [-0.39, 0.29) is 5.91 Å². The number of carbonyl (C=O) groups is 1. The maximum absolute atomic E-state index is 12.0. The molecule has 1 aliphatic rings. The lowest BCUT2D eigenvalue weighted by molar-refractivity contribution is -0.128. The van der Waals surface area contributed by atoms with Crippen LogP contribution < -0.4 is 10.2 Å². The molecule has 1 aromatic carbocycles. The molecule has 0 saturated carbocycles. The van der Waals surface area contributed by atoms with Crippen LogP contribution in [0.1, 0.15) is 39.5 Å². The normalized spacial score (nSPS) is 15.5. The Morgan fingerprint density at radius 3 is 2.52 bits per heavy atom. The van der Waals surface area contributed by atoms with Crippen LogP contribution in [-0.4, -0.2) is 44.0 Å². The van der Waals surface area contributed by atoms with Crippen molar-refractivity contribution in [3.8, 4) is 0 Å². The number of piperidine rings is 1. The lowest BCUT2D eigenvalue weighted by atomic mass is 9.99. The number of hydrogen-bond donors (Lipinski definition) is 1. The number of anilines is 2. The van der Waals surface area contributed by atoms with Crippen LogP contribution in [0, 0.1) is 5.92 Å². The molecular weight excluding hydrogens is 286 g/mol. The van der Waals surface area contributed by atoms with E-state index in [9.17, 15) is 4.79 Å². The maximum Gasteiger partial charge on any atom is 0.241 e. The number of amides is 1. The molecule has 0 aliphatic carbocycles. The first-order valence-electron chi connectivity index (χ1n) is 8.93. The Kier molecular flexibility index (Phi) is 6.75. The molecule has 1 saturated heterocycles. The van der Waals surface area contributed by atoms with Gasteiger partial charge < -0.3 is 15.1 Å². The first-order valence-corrected chi connectivity index (χ1v) is 8.93. The fourth-order valence-electron chi connectivity index (χ4n) is 2.89. The highest BCUT2D eigenvalue weighted by Gasteiger charge is 2.15. The molecule has 1 N–H and O–H groups in total. The van der Waals surface area contributed by atoms with Crippen molar-refractivity contribution in [2.24, 2.45) is 5.92 Å². The quantitative estimate of drug-likeness (QED) is 0.835. The molecule has 0 spiro atoms. The van der Waals surface area contributed by atoms with E-state index in [0.717, 1.165) is 44.1 Å². The molecule has 0 bridgehead atoms. The van der Waals surface area contributed by atoms with Crippen molar-refractivity contribution in [1.82, 2.24) is 4.90 Å². The monoisotopic (exact) mass is 317 g/mol. The van der Waals surface area contributed by atoms with Crippen molar-refractivity contribution in [3.05, 3.63) is 24.3 Å². The van der Waals surface area contributed by atoms with Gasteiger partial charge in [-0.3, -0.25) is 4.79 Å². The number of unbranched alkanes of at least 4 members (excludes halogenated alkanes) is 1. The summed E-state index contributed by atoms with van der Waals surface area (Å²) in [5, 5.41) is 3.23. The second-order valence-corrected chi connectivity index (χ2v) is 6.74. The van der Waals surface area contributed by atoms with Gasteiger partial charge in [0.2, 0.25) is 5.91 Å². The predicted molar refractivity (Wildman–Crippen MR) is 98.1 cm³/mol. The maximum atomic E-state index is 12.0. The minimum Gasteiger partial charge on any atom is -0.376 e. The third-order valence-corrected chi connectivity index (χ3v) is 4.73. The molecule has 1 aliphatic heterocycles. The molecule has 0 atom stereocenters. The minimum absolute atomic E-state index is 0.146. The molecule has 1 fully saturated rings. The minimum atomic E-state index is 0.146. The smallest absolute Gasteiger partial charge is 0.241 e. The summed E-state index contributed by atoms with van der Waals surface area (Å²) in [6.45, 7) is 7.97. The Morgan fingerprint density at radius 2 is 1.91 bits per heavy atom. The van der Waals surface area contributed by atoms with E-state index >= 15 is 0 Å². The average Bonchev–Trinajstić information content (AvgIpc) is 2.58. The first kappa shape index (κ1) is 17.6. The Balaban J connectivity index is 1.79. The number of benzene rings is 1. The fourth-order valence-corrected chi connectivity index (χ4v) is 2.89. The number of hydrogen-bond acceptors (Lipinski definition) is 3. The average molecular weight is 317 g/mol. The lowest BCUT2D eigenvalue weighted by Crippen LogP contribution is -2.33. The second kappa shape index (κ2) is 8.80. The second-order valence-electron chi connectivity index (χ2n) is 6.74. The van der Waals surface area contributed by atoms with Gasteiger partial charge in [-0.1, -0.05) is 20.3 Å². The summed E-state index contributed by atoms with van der Waals surface area (Å²) in [5.41, 5.74) is 2.30. The van der Waals surface area contributed by atoms with E-state index in [2.05, 4.69) is 48.3 Å². The van der Waals surface area contributed by atoms with Gasteiger partial charge in [-0.05, 0) is 49.4 Å². The summed E-state index contributed by atoms with van der Waals surface area (Å²) < 4.78 is 0. The molecular formula is C19H31N3O. The summed E-state index contributed by atoms with van der Waals surface area (Å²) >= 11 is 0. The van der Waals surface area contributed by atoms with Gasteiger partial charge in [-0.15, -0.1) is 0 Å². The SMILES string of the molecule is CCCCN(C)C(=O)CNc1ccc(N2CCC(C)CC2)cc1. The van der Waals surface area contributed by atoms with Crippen LogP contribution in [0.4, 0.5) is 11.4 Å². The van der Waals surface area contributed by atoms with Gasteiger partial charge in [-0.25, -0.2) is 0 Å². The van der Waals surface area contributed by atoms with Gasteiger partial charge in [0.25, 0.3) is 0 Å². The molecule has 0 aromatic heterocycles. The zero-order chi connectivity index (χ0) is 16.7. The Bertz CT molecular complexity index is 478. The van der Waals surface area contributed by atoms with Gasteiger partial charge >= 0.3 is 0 Å². The number of nitrogens with one attached hydrogen (secondary N) is 1. The highest BCUT2D eigenvalue weighted by molar-refractivity contribution is 5.80. The summed E-state index contributed by atoms with van der Waals surface area (Å²) in [5.74, 6) is 0.996. The standard InChI is InChI=1S/C19H31N3O/c1-4-5-12-21(3)19(23)15-20-17-6-8-18(9-7-17)22-13-10-16(2)11-14-22/h6-9,16,20H,4-5,10-15H2,1-3H3. The molecule has 128 valence electrons. The highest BCUT2D eigenvalue weighted by atomic mass is 16.2. The number of rotatable bonds is 7. The van der Waals surface area contributed by atoms with Crippen LogP contribution in [0.3, 0.4) is 0 Å². The zero-order valence-corrected chi connectivity index (χ0v) is 14.8. The van der Waals surface area contributed by atoms with Crippen LogP contribution >= 0.6 is 0 Å². The molecule has 1 amide bonds. The number of carbonyl (C=O) groups excluding carboxylic acids is 1. The third-order valence-electron chi connectivity index (χ3n) is 4.73. The topological polar surface area (TPSA) is 35.6 Å². The van der Waals surface area contributed by atoms with E-state index in [4.69, 9.17) is 0 Å². The van der Waals surface area contributed by atoms with Crippen molar-refractivity contribution in [3.63, 3.8) is 0 Å². The molecule has 4 nitrogen and oxygen atoms in total. The Labute approximate surface area is 140 Å². The number of nitrogens with zero attached hydrogens (tertiary/aromatic N) is 2. The van der Waals surface area contributed by atoms with Crippen molar-refractivity contribution in [1.29, 1.82) is 0 Å². The summed E-state index contributed by atoms with van der Waals surface area (Å²) in [4.78, 5) is 16.3. The molecule has 23 heavy (non-hydrogen) atoms. The van der Waals surface area contributed by atoms with E-state index in [1.54, 1.807) is 4.90 Å². The zero-order valence-electron chi connectivity index (χ0n) is 14.8. The van der Waals surface area contributed by atoms with E-state index in [1.165, 1.54) is 18.5 Å². The molecule has 0 unspecified atom stereocenters. The van der Waals surface area contributed by atoms with Crippen LogP contribution in [0.25, 0.3) is 0 Å². The summed E-state index contributed by atoms with van der Waals surface area (Å²) in [7, 11) is 1.88. The first-order chi connectivity index (χ1) is 11.1. The third kappa shape index (κ3) is 5.45. The summed E-state index contributed by atoms with van der Waals surface area (Å²) in [6, 6.07) is 8.46. The van der Waals surface area contributed by atoms with Crippen molar-refractivity contribution < 1.29 is 4.79 Å².